The van der Waals surface area contributed by atoms with Gasteiger partial charge in [-0.05, 0) is 38.8 Å². The molecule has 0 aliphatic carbocycles. The highest BCUT2D eigenvalue weighted by Gasteiger charge is 2.23. The number of aliphatic hydroxyl groups is 1. The van der Waals surface area contributed by atoms with Crippen LogP contribution in [0.3, 0.4) is 0 Å². The Morgan fingerprint density at radius 1 is 1.40 bits per heavy atom. The largest absolute Gasteiger partial charge is 0.387 e. The number of hydrogen-bond acceptors (Lipinski definition) is 5. The second-order valence-electron chi connectivity index (χ2n) is 6.51. The van der Waals surface area contributed by atoms with Gasteiger partial charge in [0, 0.05) is 24.4 Å². The van der Waals surface area contributed by atoms with Crippen molar-refractivity contribution in [2.24, 2.45) is 0 Å². The van der Waals surface area contributed by atoms with Crippen molar-refractivity contribution in [3.8, 4) is 0 Å². The lowest BCUT2D eigenvalue weighted by atomic mass is 10.1. The van der Waals surface area contributed by atoms with Gasteiger partial charge in [-0.15, -0.1) is 0 Å². The number of nitrogens with zero attached hydrogens (tertiary/aromatic N) is 4. The number of aromatic nitrogens is 4. The van der Waals surface area contributed by atoms with Crippen LogP contribution in [0.4, 0.5) is 0 Å². The summed E-state index contributed by atoms with van der Waals surface area (Å²) >= 11 is 0. The summed E-state index contributed by atoms with van der Waals surface area (Å²) < 4.78 is 1.85. The molecule has 3 rings (SSSR count). The predicted molar refractivity (Wildman–Crippen MR) is 90.9 cm³/mol. The van der Waals surface area contributed by atoms with E-state index in [0.717, 1.165) is 17.0 Å². The topological polar surface area (TPSA) is 104 Å². The molecule has 0 unspecified atom stereocenters. The van der Waals surface area contributed by atoms with E-state index < -0.39 is 6.10 Å². The van der Waals surface area contributed by atoms with Gasteiger partial charge in [0.15, 0.2) is 0 Å². The quantitative estimate of drug-likeness (QED) is 0.845. The lowest BCUT2D eigenvalue weighted by Gasteiger charge is -2.27. The number of hydrogen-bond donors (Lipinski definition) is 2. The van der Waals surface area contributed by atoms with E-state index >= 15 is 0 Å². The predicted octanol–water partition coefficient (Wildman–Crippen LogP) is 0.612. The third-order valence-electron chi connectivity index (χ3n) is 4.64. The fraction of sp³-hybridized carbons (Fsp3) is 0.529. The smallest absolute Gasteiger partial charge is 0.345 e. The van der Waals surface area contributed by atoms with Gasteiger partial charge < -0.3 is 15.0 Å². The first-order valence-corrected chi connectivity index (χ1v) is 8.44. The number of nitrogens with one attached hydrogen (secondary N) is 1. The Morgan fingerprint density at radius 3 is 2.84 bits per heavy atom. The average Bonchev–Trinajstić information content (AvgIpc) is 2.97. The highest BCUT2D eigenvalue weighted by atomic mass is 16.3. The molecule has 8 heteroatoms. The second-order valence-corrected chi connectivity index (χ2v) is 6.51. The zero-order chi connectivity index (χ0) is 18.1. The minimum absolute atomic E-state index is 0.0658. The number of aromatic amines is 1. The molecule has 2 N–H and O–H groups in total. The van der Waals surface area contributed by atoms with E-state index in [9.17, 15) is 14.7 Å². The Morgan fingerprint density at radius 2 is 2.16 bits per heavy atom. The normalized spacial score (nSPS) is 15.1. The molecule has 0 aromatic carbocycles. The van der Waals surface area contributed by atoms with Crippen LogP contribution in [0, 0.1) is 13.8 Å². The van der Waals surface area contributed by atoms with Crippen LogP contribution in [-0.4, -0.2) is 42.2 Å². The first-order valence-electron chi connectivity index (χ1n) is 8.44. The lowest BCUT2D eigenvalue weighted by Crippen LogP contribution is -2.38. The van der Waals surface area contributed by atoms with Gasteiger partial charge in [0.05, 0.1) is 30.6 Å². The Balaban J connectivity index is 1.65. The molecule has 0 bridgehead atoms. The molecule has 3 heterocycles. The number of aryl methyl sites for hydroxylation is 2. The third-order valence-corrected chi connectivity index (χ3v) is 4.64. The number of aliphatic hydroxyl groups excluding tert-OH is 1. The van der Waals surface area contributed by atoms with Gasteiger partial charge in [-0.2, -0.15) is 10.1 Å². The molecule has 2 aromatic rings. The van der Waals surface area contributed by atoms with Gasteiger partial charge >= 0.3 is 5.69 Å². The Bertz CT molecular complexity index is 826. The molecule has 0 spiro atoms. The molecule has 1 aliphatic rings. The summed E-state index contributed by atoms with van der Waals surface area (Å²) in [5.41, 5.74) is 3.58. The summed E-state index contributed by atoms with van der Waals surface area (Å²) in [7, 11) is 0. The molecule has 0 saturated carbocycles. The number of H-pyrrole nitrogens is 1. The third kappa shape index (κ3) is 3.63. The summed E-state index contributed by atoms with van der Waals surface area (Å²) in [6, 6.07) is 1.85. The molecule has 25 heavy (non-hydrogen) atoms. The Kier molecular flexibility index (Phi) is 4.71. The molecule has 0 saturated heterocycles. The lowest BCUT2D eigenvalue weighted by molar-refractivity contribution is -0.132. The monoisotopic (exact) mass is 345 g/mol. The van der Waals surface area contributed by atoms with Crippen LogP contribution in [0.1, 0.15) is 47.8 Å². The molecule has 1 atom stereocenters. The van der Waals surface area contributed by atoms with Gasteiger partial charge in [0.25, 0.3) is 0 Å². The first-order chi connectivity index (χ1) is 11.8. The van der Waals surface area contributed by atoms with Crippen molar-refractivity contribution >= 4 is 5.91 Å². The van der Waals surface area contributed by atoms with Crippen molar-refractivity contribution in [3.63, 3.8) is 0 Å². The Hall–Kier alpha value is -2.48. The maximum atomic E-state index is 12.6. The van der Waals surface area contributed by atoms with Gasteiger partial charge in [0.2, 0.25) is 5.91 Å². The zero-order valence-electron chi connectivity index (χ0n) is 14.7. The van der Waals surface area contributed by atoms with Crippen molar-refractivity contribution in [3.05, 3.63) is 44.9 Å². The van der Waals surface area contributed by atoms with Crippen molar-refractivity contribution in [2.75, 3.05) is 6.54 Å². The van der Waals surface area contributed by atoms with Crippen LogP contribution in [0.15, 0.2) is 10.9 Å². The standard InChI is InChI=1S/C17H23N5O3/c1-10-14(11(2)19-17(25)18-10)4-5-16(24)21-6-7-22-13(9-21)8-15(20-22)12(3)23/h8,12,23H,4-7,9H2,1-3H3,(H,18,19,25)/t12-/m0/s1. The van der Waals surface area contributed by atoms with E-state index in [1.54, 1.807) is 13.8 Å². The van der Waals surface area contributed by atoms with Gasteiger partial charge in [0.1, 0.15) is 0 Å². The molecule has 1 amide bonds. The van der Waals surface area contributed by atoms with E-state index in [1.807, 2.05) is 22.6 Å². The SMILES string of the molecule is Cc1nc(=O)[nH]c(C)c1CCC(=O)N1CCn2nc([C@H](C)O)cc2C1. The molecular weight excluding hydrogens is 322 g/mol. The molecular formula is C17H23N5O3. The highest BCUT2D eigenvalue weighted by molar-refractivity contribution is 5.76. The molecule has 2 aromatic heterocycles. The van der Waals surface area contributed by atoms with Crippen molar-refractivity contribution in [2.45, 2.75) is 52.8 Å². The maximum absolute atomic E-state index is 12.6. The summed E-state index contributed by atoms with van der Waals surface area (Å²) in [4.78, 5) is 32.3. The summed E-state index contributed by atoms with van der Waals surface area (Å²) in [6.07, 6.45) is 0.308. The number of carbonyl (C=O) groups is 1. The van der Waals surface area contributed by atoms with Gasteiger partial charge in [-0.3, -0.25) is 9.48 Å². The number of amides is 1. The van der Waals surface area contributed by atoms with E-state index in [0.29, 0.717) is 43.9 Å². The van der Waals surface area contributed by atoms with Crippen LogP contribution < -0.4 is 5.69 Å². The molecule has 134 valence electrons. The van der Waals surface area contributed by atoms with Crippen molar-refractivity contribution < 1.29 is 9.90 Å². The molecule has 1 aliphatic heterocycles. The fourth-order valence-corrected chi connectivity index (χ4v) is 3.22. The maximum Gasteiger partial charge on any atom is 0.345 e. The average molecular weight is 345 g/mol. The van der Waals surface area contributed by atoms with Gasteiger partial charge in [-0.25, -0.2) is 4.79 Å². The second kappa shape index (κ2) is 6.79. The molecule has 8 nitrogen and oxygen atoms in total. The highest BCUT2D eigenvalue weighted by Crippen LogP contribution is 2.19. The van der Waals surface area contributed by atoms with E-state index in [1.165, 1.54) is 0 Å². The fourth-order valence-electron chi connectivity index (χ4n) is 3.22. The summed E-state index contributed by atoms with van der Waals surface area (Å²) in [6.45, 7) is 7.03. The number of rotatable bonds is 4. The van der Waals surface area contributed by atoms with E-state index in [2.05, 4.69) is 15.1 Å². The minimum Gasteiger partial charge on any atom is -0.387 e. The van der Waals surface area contributed by atoms with Crippen LogP contribution in [0.2, 0.25) is 0 Å². The molecule has 0 fully saturated rings. The van der Waals surface area contributed by atoms with Crippen molar-refractivity contribution in [1.82, 2.24) is 24.6 Å². The van der Waals surface area contributed by atoms with E-state index in [4.69, 9.17) is 0 Å². The van der Waals surface area contributed by atoms with Crippen LogP contribution in [0.5, 0.6) is 0 Å². The van der Waals surface area contributed by atoms with Crippen molar-refractivity contribution in [1.29, 1.82) is 0 Å². The number of fused-ring (bicyclic) bond motifs is 1. The Labute approximate surface area is 145 Å². The van der Waals surface area contributed by atoms with Crippen LogP contribution in [-0.2, 0) is 24.3 Å². The summed E-state index contributed by atoms with van der Waals surface area (Å²) in [5.74, 6) is 0.0658. The summed E-state index contributed by atoms with van der Waals surface area (Å²) in [5, 5.41) is 14.0. The first kappa shape index (κ1) is 17.3. The molecule has 0 radical (unpaired) electrons. The van der Waals surface area contributed by atoms with Gasteiger partial charge in [-0.1, -0.05) is 0 Å². The number of carbonyl (C=O) groups excluding carboxylic acids is 1. The van der Waals surface area contributed by atoms with Crippen LogP contribution in [0.25, 0.3) is 0 Å². The minimum atomic E-state index is -0.610. The van der Waals surface area contributed by atoms with Crippen LogP contribution >= 0.6 is 0 Å². The zero-order valence-corrected chi connectivity index (χ0v) is 14.7. The van der Waals surface area contributed by atoms with E-state index in [-0.39, 0.29) is 11.6 Å².